The van der Waals surface area contributed by atoms with Gasteiger partial charge >= 0.3 is 0 Å². The molecule has 0 saturated heterocycles. The molecule has 3 heteroatoms. The lowest BCUT2D eigenvalue weighted by molar-refractivity contribution is 0.0412. The minimum atomic E-state index is -0.554. The number of aliphatic hydroxyl groups is 1. The quantitative estimate of drug-likeness (QED) is 0.932. The molecule has 1 heterocycles. The first kappa shape index (κ1) is 15.9. The van der Waals surface area contributed by atoms with E-state index in [-0.39, 0.29) is 6.61 Å². The van der Waals surface area contributed by atoms with Crippen molar-refractivity contribution in [3.63, 3.8) is 0 Å². The normalized spacial score (nSPS) is 17.7. The molecule has 3 rings (SSSR count). The standard InChI is InChI=1S/C20H25NO2/c1-20(2,14-22)23-16-10-8-15(9-11-16)17-12-13-21(3)19-7-5-4-6-18(17)19/h4-11,17,22H,12-14H2,1-3H3. The summed E-state index contributed by atoms with van der Waals surface area (Å²) in [6.45, 7) is 4.83. The minimum Gasteiger partial charge on any atom is -0.485 e. The van der Waals surface area contributed by atoms with Gasteiger partial charge in [-0.2, -0.15) is 0 Å². The van der Waals surface area contributed by atoms with Gasteiger partial charge in [0.1, 0.15) is 11.4 Å². The van der Waals surface area contributed by atoms with Crippen LogP contribution in [0.1, 0.15) is 37.3 Å². The molecule has 1 N–H and O–H groups in total. The lowest BCUT2D eigenvalue weighted by Gasteiger charge is -2.33. The fourth-order valence-corrected chi connectivity index (χ4v) is 3.19. The van der Waals surface area contributed by atoms with Gasteiger partial charge in [-0.3, -0.25) is 0 Å². The molecule has 1 aliphatic rings. The largest absolute Gasteiger partial charge is 0.485 e. The Kier molecular flexibility index (Phi) is 4.31. The second kappa shape index (κ2) is 6.25. The summed E-state index contributed by atoms with van der Waals surface area (Å²) >= 11 is 0. The van der Waals surface area contributed by atoms with Gasteiger partial charge in [0.05, 0.1) is 6.61 Å². The molecule has 1 atom stereocenters. The summed E-state index contributed by atoms with van der Waals surface area (Å²) < 4.78 is 5.82. The third kappa shape index (κ3) is 3.35. The Hall–Kier alpha value is -2.00. The minimum absolute atomic E-state index is 0.00289. The van der Waals surface area contributed by atoms with Crippen molar-refractivity contribution in [3.8, 4) is 5.75 Å². The Labute approximate surface area is 138 Å². The van der Waals surface area contributed by atoms with Crippen LogP contribution < -0.4 is 9.64 Å². The highest BCUT2D eigenvalue weighted by molar-refractivity contribution is 5.59. The number of nitrogens with zero attached hydrogens (tertiary/aromatic N) is 1. The summed E-state index contributed by atoms with van der Waals surface area (Å²) in [5.74, 6) is 1.23. The molecule has 23 heavy (non-hydrogen) atoms. The second-order valence-corrected chi connectivity index (χ2v) is 6.91. The highest BCUT2D eigenvalue weighted by Crippen LogP contribution is 2.39. The third-order valence-electron chi connectivity index (χ3n) is 4.53. The van der Waals surface area contributed by atoms with Crippen molar-refractivity contribution in [1.82, 2.24) is 0 Å². The van der Waals surface area contributed by atoms with Gasteiger partial charge in [0.15, 0.2) is 0 Å². The number of hydrogen-bond acceptors (Lipinski definition) is 3. The van der Waals surface area contributed by atoms with Crippen LogP contribution in [0, 0.1) is 0 Å². The maximum Gasteiger partial charge on any atom is 0.126 e. The molecule has 1 aliphatic heterocycles. The Morgan fingerprint density at radius 1 is 1.13 bits per heavy atom. The number of para-hydroxylation sites is 1. The summed E-state index contributed by atoms with van der Waals surface area (Å²) in [5.41, 5.74) is 3.48. The van der Waals surface area contributed by atoms with Crippen molar-refractivity contribution >= 4 is 5.69 Å². The molecule has 0 radical (unpaired) electrons. The smallest absolute Gasteiger partial charge is 0.126 e. The molecule has 0 aromatic heterocycles. The van der Waals surface area contributed by atoms with E-state index < -0.39 is 5.60 Å². The molecule has 2 aromatic rings. The molecule has 2 aromatic carbocycles. The van der Waals surface area contributed by atoms with Gasteiger partial charge in [-0.25, -0.2) is 0 Å². The zero-order chi connectivity index (χ0) is 16.4. The van der Waals surface area contributed by atoms with Crippen LogP contribution in [-0.2, 0) is 0 Å². The molecule has 0 saturated carbocycles. The van der Waals surface area contributed by atoms with Crippen molar-refractivity contribution in [1.29, 1.82) is 0 Å². The number of benzene rings is 2. The van der Waals surface area contributed by atoms with Crippen LogP contribution in [-0.4, -0.2) is 30.9 Å². The van der Waals surface area contributed by atoms with Gasteiger partial charge in [-0.05, 0) is 49.6 Å². The summed E-state index contributed by atoms with van der Waals surface area (Å²) in [6.07, 6.45) is 1.12. The van der Waals surface area contributed by atoms with Crippen LogP contribution in [0.3, 0.4) is 0 Å². The zero-order valence-electron chi connectivity index (χ0n) is 14.1. The Balaban J connectivity index is 1.85. The van der Waals surface area contributed by atoms with Crippen molar-refractivity contribution in [2.45, 2.75) is 31.8 Å². The molecular formula is C20H25NO2. The fraction of sp³-hybridized carbons (Fsp3) is 0.400. The van der Waals surface area contributed by atoms with Crippen molar-refractivity contribution < 1.29 is 9.84 Å². The molecule has 0 fully saturated rings. The highest BCUT2D eigenvalue weighted by Gasteiger charge is 2.24. The predicted molar refractivity (Wildman–Crippen MR) is 94.4 cm³/mol. The third-order valence-corrected chi connectivity index (χ3v) is 4.53. The average molecular weight is 311 g/mol. The predicted octanol–water partition coefficient (Wildman–Crippen LogP) is 3.81. The summed E-state index contributed by atoms with van der Waals surface area (Å²) in [5, 5.41) is 9.32. The van der Waals surface area contributed by atoms with E-state index in [1.807, 2.05) is 26.0 Å². The zero-order valence-corrected chi connectivity index (χ0v) is 14.1. The number of aliphatic hydroxyl groups excluding tert-OH is 1. The first-order chi connectivity index (χ1) is 11.0. The van der Waals surface area contributed by atoms with E-state index in [4.69, 9.17) is 4.74 Å². The first-order valence-electron chi connectivity index (χ1n) is 8.20. The lowest BCUT2D eigenvalue weighted by Crippen LogP contribution is -2.32. The first-order valence-corrected chi connectivity index (χ1v) is 8.20. The maximum atomic E-state index is 9.32. The van der Waals surface area contributed by atoms with Crippen LogP contribution in [0.2, 0.25) is 0 Å². The Morgan fingerprint density at radius 2 is 1.83 bits per heavy atom. The molecule has 0 spiro atoms. The van der Waals surface area contributed by atoms with E-state index in [2.05, 4.69) is 48.3 Å². The van der Waals surface area contributed by atoms with Crippen molar-refractivity contribution in [3.05, 3.63) is 59.7 Å². The van der Waals surface area contributed by atoms with E-state index in [0.717, 1.165) is 18.7 Å². The van der Waals surface area contributed by atoms with Crippen LogP contribution >= 0.6 is 0 Å². The van der Waals surface area contributed by atoms with Crippen molar-refractivity contribution in [2.75, 3.05) is 25.1 Å². The van der Waals surface area contributed by atoms with Crippen LogP contribution in [0.25, 0.3) is 0 Å². The number of hydrogen-bond donors (Lipinski definition) is 1. The maximum absolute atomic E-state index is 9.32. The fourth-order valence-electron chi connectivity index (χ4n) is 3.19. The summed E-state index contributed by atoms with van der Waals surface area (Å²) in [6, 6.07) is 17.0. The molecule has 122 valence electrons. The number of anilines is 1. The number of rotatable bonds is 4. The number of ether oxygens (including phenoxy) is 1. The van der Waals surface area contributed by atoms with Crippen LogP contribution in [0.4, 0.5) is 5.69 Å². The van der Waals surface area contributed by atoms with Crippen molar-refractivity contribution in [2.24, 2.45) is 0 Å². The van der Waals surface area contributed by atoms with Gasteiger partial charge < -0.3 is 14.7 Å². The summed E-state index contributed by atoms with van der Waals surface area (Å²) in [7, 11) is 2.16. The highest BCUT2D eigenvalue weighted by atomic mass is 16.5. The van der Waals surface area contributed by atoms with Gasteiger partial charge in [-0.1, -0.05) is 30.3 Å². The van der Waals surface area contributed by atoms with E-state index in [1.165, 1.54) is 16.8 Å². The van der Waals surface area contributed by atoms with Gasteiger partial charge in [0, 0.05) is 25.2 Å². The second-order valence-electron chi connectivity index (χ2n) is 6.91. The van der Waals surface area contributed by atoms with Gasteiger partial charge in [-0.15, -0.1) is 0 Å². The topological polar surface area (TPSA) is 32.7 Å². The number of fused-ring (bicyclic) bond motifs is 1. The Bertz CT molecular complexity index is 664. The van der Waals surface area contributed by atoms with Crippen LogP contribution in [0.15, 0.2) is 48.5 Å². The molecule has 3 nitrogen and oxygen atoms in total. The summed E-state index contributed by atoms with van der Waals surface area (Å²) in [4.78, 5) is 2.33. The molecule has 0 bridgehead atoms. The Morgan fingerprint density at radius 3 is 2.52 bits per heavy atom. The monoisotopic (exact) mass is 311 g/mol. The SMILES string of the molecule is CN1CCC(c2ccc(OC(C)(C)CO)cc2)c2ccccc21. The molecule has 0 amide bonds. The van der Waals surface area contributed by atoms with Gasteiger partial charge in [0.2, 0.25) is 0 Å². The van der Waals surface area contributed by atoms with E-state index in [0.29, 0.717) is 5.92 Å². The van der Waals surface area contributed by atoms with E-state index in [1.54, 1.807) is 0 Å². The molecule has 0 aliphatic carbocycles. The van der Waals surface area contributed by atoms with Crippen LogP contribution in [0.5, 0.6) is 5.75 Å². The lowest BCUT2D eigenvalue weighted by atomic mass is 9.84. The van der Waals surface area contributed by atoms with E-state index in [9.17, 15) is 5.11 Å². The molecular weight excluding hydrogens is 286 g/mol. The van der Waals surface area contributed by atoms with E-state index >= 15 is 0 Å². The van der Waals surface area contributed by atoms with Gasteiger partial charge in [0.25, 0.3) is 0 Å². The average Bonchev–Trinajstić information content (AvgIpc) is 2.56. The molecule has 1 unspecified atom stereocenters.